The molecule has 0 aliphatic heterocycles. The lowest BCUT2D eigenvalue weighted by Crippen LogP contribution is -2.14. The van der Waals surface area contributed by atoms with Gasteiger partial charge >= 0.3 is 11.9 Å². The van der Waals surface area contributed by atoms with E-state index in [9.17, 15) is 14.7 Å². The fourth-order valence-electron chi connectivity index (χ4n) is 1.91. The number of hydrogen-bond donors (Lipinski definition) is 2. The number of carbonyl (C=O) groups excluding carboxylic acids is 1. The topological polar surface area (TPSA) is 83.8 Å². The molecule has 2 N–H and O–H groups in total. The summed E-state index contributed by atoms with van der Waals surface area (Å²) in [6.07, 6.45) is -1.04. The third kappa shape index (κ3) is 4.21. The van der Waals surface area contributed by atoms with Crippen LogP contribution in [0.25, 0.3) is 0 Å². The van der Waals surface area contributed by atoms with Crippen LogP contribution < -0.4 is 0 Å². The molecule has 1 rings (SSSR count). The number of ether oxygens (including phenoxy) is 1. The molecule has 1 atom stereocenters. The standard InChI is InChI=1S/C14H17ClO5/c1-2-20-12(16)7-6-9-4-3-5-10(11(9)8-15)13(17)14(18)19/h3-5,13,17H,2,6-8H2,1H3,(H,18,19). The Morgan fingerprint density at radius 1 is 1.40 bits per heavy atom. The average Bonchev–Trinajstić information content (AvgIpc) is 2.43. The van der Waals surface area contributed by atoms with E-state index in [1.54, 1.807) is 19.1 Å². The van der Waals surface area contributed by atoms with Crippen molar-refractivity contribution in [3.63, 3.8) is 0 Å². The van der Waals surface area contributed by atoms with Crippen molar-refractivity contribution in [2.75, 3.05) is 6.61 Å². The van der Waals surface area contributed by atoms with Crippen molar-refractivity contribution in [3.05, 3.63) is 34.9 Å². The Hall–Kier alpha value is -1.59. The summed E-state index contributed by atoms with van der Waals surface area (Å²) in [7, 11) is 0. The van der Waals surface area contributed by atoms with Crippen LogP contribution in [0.4, 0.5) is 0 Å². The number of aryl methyl sites for hydroxylation is 1. The largest absolute Gasteiger partial charge is 0.479 e. The Kier molecular flexibility index (Phi) is 6.48. The van der Waals surface area contributed by atoms with Crippen LogP contribution in [0.15, 0.2) is 18.2 Å². The van der Waals surface area contributed by atoms with Crippen molar-refractivity contribution in [1.82, 2.24) is 0 Å². The second-order valence-electron chi connectivity index (χ2n) is 4.16. The van der Waals surface area contributed by atoms with E-state index in [4.69, 9.17) is 21.4 Å². The van der Waals surface area contributed by atoms with Gasteiger partial charge in [0.05, 0.1) is 6.61 Å². The van der Waals surface area contributed by atoms with E-state index in [1.807, 2.05) is 0 Å². The predicted molar refractivity (Wildman–Crippen MR) is 73.5 cm³/mol. The van der Waals surface area contributed by atoms with Gasteiger partial charge in [-0.15, -0.1) is 11.6 Å². The van der Waals surface area contributed by atoms with Gasteiger partial charge in [0.2, 0.25) is 0 Å². The minimum atomic E-state index is -1.62. The van der Waals surface area contributed by atoms with Crippen LogP contribution in [-0.4, -0.2) is 28.8 Å². The van der Waals surface area contributed by atoms with Crippen LogP contribution in [0.3, 0.4) is 0 Å². The predicted octanol–water partition coefficient (Wildman–Crippen LogP) is 2.04. The summed E-state index contributed by atoms with van der Waals surface area (Å²) < 4.78 is 4.84. The quantitative estimate of drug-likeness (QED) is 0.594. The summed E-state index contributed by atoms with van der Waals surface area (Å²) >= 11 is 5.84. The summed E-state index contributed by atoms with van der Waals surface area (Å²) in [5, 5.41) is 18.5. The van der Waals surface area contributed by atoms with E-state index in [-0.39, 0.29) is 23.8 Å². The van der Waals surface area contributed by atoms with Gasteiger partial charge in [0, 0.05) is 12.3 Å². The monoisotopic (exact) mass is 300 g/mol. The zero-order chi connectivity index (χ0) is 15.1. The fraction of sp³-hybridized carbons (Fsp3) is 0.429. The fourth-order valence-corrected chi connectivity index (χ4v) is 2.24. The maximum atomic E-state index is 11.3. The zero-order valence-corrected chi connectivity index (χ0v) is 11.9. The van der Waals surface area contributed by atoms with Crippen LogP contribution >= 0.6 is 11.6 Å². The first-order valence-corrected chi connectivity index (χ1v) is 6.77. The van der Waals surface area contributed by atoms with E-state index >= 15 is 0 Å². The number of esters is 1. The van der Waals surface area contributed by atoms with Gasteiger partial charge in [-0.1, -0.05) is 18.2 Å². The van der Waals surface area contributed by atoms with Crippen molar-refractivity contribution in [3.8, 4) is 0 Å². The number of alkyl halides is 1. The van der Waals surface area contributed by atoms with Crippen molar-refractivity contribution in [1.29, 1.82) is 0 Å². The molecule has 110 valence electrons. The summed E-state index contributed by atoms with van der Waals surface area (Å²) in [5.41, 5.74) is 1.55. The third-order valence-electron chi connectivity index (χ3n) is 2.88. The minimum Gasteiger partial charge on any atom is -0.479 e. The highest BCUT2D eigenvalue weighted by Gasteiger charge is 2.21. The highest BCUT2D eigenvalue weighted by molar-refractivity contribution is 6.17. The van der Waals surface area contributed by atoms with Crippen molar-refractivity contribution in [2.24, 2.45) is 0 Å². The van der Waals surface area contributed by atoms with Crippen LogP contribution in [0.5, 0.6) is 0 Å². The van der Waals surface area contributed by atoms with Gasteiger partial charge in [0.1, 0.15) is 0 Å². The van der Waals surface area contributed by atoms with Gasteiger partial charge in [-0.2, -0.15) is 0 Å². The average molecular weight is 301 g/mol. The van der Waals surface area contributed by atoms with E-state index < -0.39 is 12.1 Å². The molecule has 0 bridgehead atoms. The van der Waals surface area contributed by atoms with Crippen LogP contribution in [0, 0.1) is 0 Å². The van der Waals surface area contributed by atoms with E-state index in [2.05, 4.69) is 0 Å². The summed E-state index contributed by atoms with van der Waals surface area (Å²) in [6, 6.07) is 4.91. The van der Waals surface area contributed by atoms with Crippen LogP contribution in [0.2, 0.25) is 0 Å². The maximum Gasteiger partial charge on any atom is 0.337 e. The second kappa shape index (κ2) is 7.87. The van der Waals surface area contributed by atoms with Crippen LogP contribution in [-0.2, 0) is 26.6 Å². The molecule has 0 amide bonds. The molecule has 0 heterocycles. The maximum absolute atomic E-state index is 11.3. The molecule has 0 fully saturated rings. The van der Waals surface area contributed by atoms with Gasteiger partial charge in [-0.05, 0) is 30.0 Å². The van der Waals surface area contributed by atoms with Gasteiger partial charge in [-0.3, -0.25) is 4.79 Å². The number of carboxylic acid groups (broad SMARTS) is 1. The molecule has 20 heavy (non-hydrogen) atoms. The smallest absolute Gasteiger partial charge is 0.337 e. The Bertz CT molecular complexity index is 486. The Labute approximate surface area is 122 Å². The van der Waals surface area contributed by atoms with Gasteiger partial charge < -0.3 is 14.9 Å². The number of carbonyl (C=O) groups is 2. The minimum absolute atomic E-state index is 0.0681. The Morgan fingerprint density at radius 3 is 2.65 bits per heavy atom. The highest BCUT2D eigenvalue weighted by atomic mass is 35.5. The van der Waals surface area contributed by atoms with Gasteiger partial charge in [-0.25, -0.2) is 4.79 Å². The van der Waals surface area contributed by atoms with E-state index in [0.29, 0.717) is 18.6 Å². The first-order chi connectivity index (χ1) is 9.51. The summed E-state index contributed by atoms with van der Waals surface area (Å²) in [4.78, 5) is 22.2. The lowest BCUT2D eigenvalue weighted by molar-refractivity contribution is -0.147. The molecule has 0 saturated carbocycles. The number of aliphatic carboxylic acids is 1. The van der Waals surface area contributed by atoms with Crippen molar-refractivity contribution >= 4 is 23.5 Å². The Balaban J connectivity index is 2.94. The molecule has 0 aliphatic rings. The zero-order valence-electron chi connectivity index (χ0n) is 11.1. The molecule has 0 radical (unpaired) electrons. The first kappa shape index (κ1) is 16.5. The molecular weight excluding hydrogens is 284 g/mol. The van der Waals surface area contributed by atoms with Crippen LogP contribution in [0.1, 0.15) is 36.1 Å². The van der Waals surface area contributed by atoms with Gasteiger partial charge in [0.15, 0.2) is 6.10 Å². The molecule has 0 aromatic heterocycles. The first-order valence-electron chi connectivity index (χ1n) is 6.24. The molecular formula is C14H17ClO5. The molecule has 1 aromatic rings. The number of rotatable bonds is 7. The molecule has 1 unspecified atom stereocenters. The van der Waals surface area contributed by atoms with Crippen molar-refractivity contribution < 1.29 is 24.5 Å². The molecule has 6 heteroatoms. The highest BCUT2D eigenvalue weighted by Crippen LogP contribution is 2.24. The number of aliphatic hydroxyl groups excluding tert-OH is 1. The third-order valence-corrected chi connectivity index (χ3v) is 3.14. The second-order valence-corrected chi connectivity index (χ2v) is 4.43. The van der Waals surface area contributed by atoms with Gasteiger partial charge in [0.25, 0.3) is 0 Å². The van der Waals surface area contributed by atoms with Crippen molar-refractivity contribution in [2.45, 2.75) is 31.7 Å². The Morgan fingerprint density at radius 2 is 2.10 bits per heavy atom. The number of halogens is 1. The number of carboxylic acids is 1. The summed E-state index contributed by atoms with van der Waals surface area (Å²) in [5.74, 6) is -1.59. The normalized spacial score (nSPS) is 11.9. The van der Waals surface area contributed by atoms with E-state index in [1.165, 1.54) is 6.07 Å². The lowest BCUT2D eigenvalue weighted by atomic mass is 9.95. The SMILES string of the molecule is CCOC(=O)CCc1cccc(C(O)C(=O)O)c1CCl. The summed E-state index contributed by atoms with van der Waals surface area (Å²) in [6.45, 7) is 2.05. The molecule has 1 aromatic carbocycles. The molecule has 0 aliphatic carbocycles. The lowest BCUT2D eigenvalue weighted by Gasteiger charge is -2.14. The molecule has 0 spiro atoms. The number of benzene rings is 1. The number of aliphatic hydroxyl groups is 1. The molecule has 0 saturated heterocycles. The number of hydrogen-bond acceptors (Lipinski definition) is 4. The van der Waals surface area contributed by atoms with E-state index in [0.717, 1.165) is 5.56 Å². The molecule has 5 nitrogen and oxygen atoms in total.